The van der Waals surface area contributed by atoms with Gasteiger partial charge in [-0.1, -0.05) is 43.4 Å². The number of amides is 1. The zero-order valence-electron chi connectivity index (χ0n) is 12.2. The number of para-hydroxylation sites is 1. The molecule has 0 radical (unpaired) electrons. The number of pyridine rings is 1. The van der Waals surface area contributed by atoms with Gasteiger partial charge in [0, 0.05) is 18.1 Å². The van der Waals surface area contributed by atoms with E-state index in [9.17, 15) is 4.79 Å². The Morgan fingerprint density at radius 2 is 2.10 bits per heavy atom. The van der Waals surface area contributed by atoms with Crippen LogP contribution in [0, 0.1) is 5.41 Å². The molecule has 1 aromatic carbocycles. The van der Waals surface area contributed by atoms with E-state index in [1.54, 1.807) is 13.1 Å². The van der Waals surface area contributed by atoms with Crippen molar-refractivity contribution in [3.05, 3.63) is 42.1 Å². The maximum atomic E-state index is 12.3. The monoisotopic (exact) mass is 301 g/mol. The number of hydrogen-bond donors (Lipinski definition) is 2. The summed E-state index contributed by atoms with van der Waals surface area (Å²) < 4.78 is 0. The van der Waals surface area contributed by atoms with Crippen LogP contribution >= 0.6 is 12.2 Å². The van der Waals surface area contributed by atoms with E-state index in [1.807, 2.05) is 37.3 Å². The van der Waals surface area contributed by atoms with Crippen LogP contribution in [0.3, 0.4) is 0 Å². The third-order valence-electron chi connectivity index (χ3n) is 3.91. The molecule has 1 heterocycles. The Balaban J connectivity index is 2.19. The van der Waals surface area contributed by atoms with E-state index in [2.05, 4.69) is 10.3 Å². The molecule has 4 nitrogen and oxygen atoms in total. The lowest BCUT2D eigenvalue weighted by atomic mass is 9.86. The average Bonchev–Trinajstić information content (AvgIpc) is 2.51. The number of nitrogens with zero attached hydrogens (tertiary/aromatic N) is 1. The second kappa shape index (κ2) is 6.18. The van der Waals surface area contributed by atoms with Crippen molar-refractivity contribution in [2.24, 2.45) is 11.1 Å². The van der Waals surface area contributed by atoms with Crippen molar-refractivity contribution in [2.75, 3.05) is 0 Å². The smallest absolute Gasteiger partial charge is 0.233 e. The first kappa shape index (κ1) is 15.4. The lowest BCUT2D eigenvalue weighted by molar-refractivity contribution is -0.127. The Morgan fingerprint density at radius 3 is 2.76 bits per heavy atom. The van der Waals surface area contributed by atoms with Crippen LogP contribution in [0.15, 0.2) is 36.5 Å². The van der Waals surface area contributed by atoms with Crippen LogP contribution in [0.2, 0.25) is 0 Å². The number of carbonyl (C=O) groups is 1. The summed E-state index contributed by atoms with van der Waals surface area (Å²) in [6.45, 7) is 4.08. The molecule has 0 saturated carbocycles. The SMILES string of the molecule is CCC(C)(C(=O)NCc1cccc2cccnc12)C(N)=S. The molecule has 2 rings (SSSR count). The molecule has 1 unspecified atom stereocenters. The summed E-state index contributed by atoms with van der Waals surface area (Å²) in [4.78, 5) is 16.9. The molecular formula is C16H19N3OS. The van der Waals surface area contributed by atoms with Crippen LogP contribution in [-0.2, 0) is 11.3 Å². The van der Waals surface area contributed by atoms with Crippen molar-refractivity contribution >= 4 is 34.0 Å². The second-order valence-corrected chi connectivity index (χ2v) is 5.66. The van der Waals surface area contributed by atoms with Gasteiger partial charge in [-0.2, -0.15) is 0 Å². The van der Waals surface area contributed by atoms with Crippen LogP contribution in [0.1, 0.15) is 25.8 Å². The lowest BCUT2D eigenvalue weighted by Crippen LogP contribution is -2.46. The van der Waals surface area contributed by atoms with Gasteiger partial charge in [-0.15, -0.1) is 0 Å². The summed E-state index contributed by atoms with van der Waals surface area (Å²) >= 11 is 5.02. The minimum absolute atomic E-state index is 0.148. The molecule has 0 fully saturated rings. The largest absolute Gasteiger partial charge is 0.392 e. The summed E-state index contributed by atoms with van der Waals surface area (Å²) in [6.07, 6.45) is 2.32. The third kappa shape index (κ3) is 3.03. The highest BCUT2D eigenvalue weighted by atomic mass is 32.1. The molecule has 0 aliphatic rings. The number of aromatic nitrogens is 1. The minimum Gasteiger partial charge on any atom is -0.392 e. The number of benzene rings is 1. The van der Waals surface area contributed by atoms with Gasteiger partial charge in [-0.3, -0.25) is 9.78 Å². The molecule has 0 spiro atoms. The number of rotatable bonds is 5. The fourth-order valence-corrected chi connectivity index (χ4v) is 2.36. The molecular weight excluding hydrogens is 282 g/mol. The molecule has 21 heavy (non-hydrogen) atoms. The summed E-state index contributed by atoms with van der Waals surface area (Å²) in [6, 6.07) is 9.81. The van der Waals surface area contributed by atoms with Gasteiger partial charge in [-0.05, 0) is 25.0 Å². The van der Waals surface area contributed by atoms with E-state index < -0.39 is 5.41 Å². The van der Waals surface area contributed by atoms with E-state index in [4.69, 9.17) is 18.0 Å². The van der Waals surface area contributed by atoms with E-state index in [1.165, 1.54) is 0 Å². The summed E-state index contributed by atoms with van der Waals surface area (Å²) in [5.41, 5.74) is 6.76. The highest BCUT2D eigenvalue weighted by Gasteiger charge is 2.34. The number of nitrogens with one attached hydrogen (secondary N) is 1. The molecule has 1 amide bonds. The molecule has 0 aliphatic heterocycles. The number of carbonyl (C=O) groups excluding carboxylic acids is 1. The van der Waals surface area contributed by atoms with Crippen molar-refractivity contribution < 1.29 is 4.79 Å². The standard InChI is InChI=1S/C16H19N3OS/c1-3-16(2,14(17)21)15(20)19-10-12-7-4-6-11-8-5-9-18-13(11)12/h4-9H,3,10H2,1-2H3,(H2,17,21)(H,19,20). The first-order chi connectivity index (χ1) is 9.99. The molecule has 0 bridgehead atoms. The summed E-state index contributed by atoms with van der Waals surface area (Å²) in [5, 5.41) is 3.97. The molecule has 0 saturated heterocycles. The van der Waals surface area contributed by atoms with Crippen molar-refractivity contribution in [2.45, 2.75) is 26.8 Å². The predicted molar refractivity (Wildman–Crippen MR) is 88.8 cm³/mol. The average molecular weight is 301 g/mol. The number of hydrogen-bond acceptors (Lipinski definition) is 3. The Hall–Kier alpha value is -2.01. The van der Waals surface area contributed by atoms with E-state index in [-0.39, 0.29) is 10.9 Å². The van der Waals surface area contributed by atoms with Gasteiger partial charge < -0.3 is 11.1 Å². The van der Waals surface area contributed by atoms with Crippen molar-refractivity contribution in [1.82, 2.24) is 10.3 Å². The van der Waals surface area contributed by atoms with E-state index >= 15 is 0 Å². The molecule has 5 heteroatoms. The first-order valence-corrected chi connectivity index (χ1v) is 7.30. The fourth-order valence-electron chi connectivity index (χ4n) is 2.13. The van der Waals surface area contributed by atoms with Crippen molar-refractivity contribution in [1.29, 1.82) is 0 Å². The molecule has 1 atom stereocenters. The molecule has 110 valence electrons. The number of thiocarbonyl (C=S) groups is 1. The number of fused-ring (bicyclic) bond motifs is 1. The van der Waals surface area contributed by atoms with E-state index in [0.29, 0.717) is 13.0 Å². The zero-order chi connectivity index (χ0) is 15.5. The van der Waals surface area contributed by atoms with Crippen LogP contribution in [0.5, 0.6) is 0 Å². The molecule has 0 aliphatic carbocycles. The highest BCUT2D eigenvalue weighted by Crippen LogP contribution is 2.22. The molecule has 2 aromatic rings. The van der Waals surface area contributed by atoms with Gasteiger partial charge in [0.1, 0.15) is 0 Å². The zero-order valence-corrected chi connectivity index (χ0v) is 13.0. The highest BCUT2D eigenvalue weighted by molar-refractivity contribution is 7.80. The van der Waals surface area contributed by atoms with Crippen molar-refractivity contribution in [3.8, 4) is 0 Å². The van der Waals surface area contributed by atoms with Gasteiger partial charge in [0.05, 0.1) is 15.9 Å². The van der Waals surface area contributed by atoms with E-state index in [0.717, 1.165) is 16.5 Å². The third-order valence-corrected chi connectivity index (χ3v) is 4.36. The topological polar surface area (TPSA) is 68.0 Å². The van der Waals surface area contributed by atoms with Crippen LogP contribution in [0.4, 0.5) is 0 Å². The Labute approximate surface area is 129 Å². The maximum absolute atomic E-state index is 12.3. The quantitative estimate of drug-likeness (QED) is 0.833. The first-order valence-electron chi connectivity index (χ1n) is 6.90. The summed E-state index contributed by atoms with van der Waals surface area (Å²) in [7, 11) is 0. The van der Waals surface area contributed by atoms with Gasteiger partial charge in [0.25, 0.3) is 0 Å². The normalized spacial score (nSPS) is 13.6. The molecule has 3 N–H and O–H groups in total. The van der Waals surface area contributed by atoms with Crippen LogP contribution in [-0.4, -0.2) is 15.9 Å². The van der Waals surface area contributed by atoms with Gasteiger partial charge in [0.2, 0.25) is 5.91 Å². The minimum atomic E-state index is -0.812. The van der Waals surface area contributed by atoms with Gasteiger partial charge in [0.15, 0.2) is 0 Å². The predicted octanol–water partition coefficient (Wildman–Crippen LogP) is 2.55. The number of nitrogens with two attached hydrogens (primary N) is 1. The second-order valence-electron chi connectivity index (χ2n) is 5.22. The molecule has 1 aromatic heterocycles. The lowest BCUT2D eigenvalue weighted by Gasteiger charge is -2.25. The van der Waals surface area contributed by atoms with Crippen LogP contribution < -0.4 is 11.1 Å². The van der Waals surface area contributed by atoms with Crippen molar-refractivity contribution in [3.63, 3.8) is 0 Å². The Morgan fingerprint density at radius 1 is 1.38 bits per heavy atom. The van der Waals surface area contributed by atoms with Gasteiger partial charge >= 0.3 is 0 Å². The summed E-state index contributed by atoms with van der Waals surface area (Å²) in [5.74, 6) is -0.148. The Bertz CT molecular complexity index is 681. The van der Waals surface area contributed by atoms with Crippen LogP contribution in [0.25, 0.3) is 10.9 Å². The Kier molecular flexibility index (Phi) is 4.53. The fraction of sp³-hybridized carbons (Fsp3) is 0.312. The maximum Gasteiger partial charge on any atom is 0.233 e. The van der Waals surface area contributed by atoms with Gasteiger partial charge in [-0.25, -0.2) is 0 Å².